The zero-order valence-electron chi connectivity index (χ0n) is 15.0. The molecule has 1 aromatic carbocycles. The number of hydrogen-bond donors (Lipinski definition) is 2. The molecule has 0 aromatic heterocycles. The van der Waals surface area contributed by atoms with Crippen LogP contribution in [0.4, 0.5) is 5.69 Å². The van der Waals surface area contributed by atoms with Gasteiger partial charge in [-0.05, 0) is 49.9 Å². The third kappa shape index (κ3) is 5.59. The number of rotatable bonds is 5. The maximum atomic E-state index is 12.3. The minimum absolute atomic E-state index is 0.152. The van der Waals surface area contributed by atoms with Gasteiger partial charge in [0.05, 0.1) is 5.56 Å². The molecule has 1 fully saturated rings. The maximum Gasteiger partial charge on any atom is 0.338 e. The molecule has 3 atom stereocenters. The normalized spacial score (nSPS) is 21.1. The molecule has 1 saturated carbocycles. The summed E-state index contributed by atoms with van der Waals surface area (Å²) < 4.78 is 5.26. The summed E-state index contributed by atoms with van der Waals surface area (Å²) in [5.41, 5.74) is 0.931. The lowest BCUT2D eigenvalue weighted by molar-refractivity contribution is -0.130. The summed E-state index contributed by atoms with van der Waals surface area (Å²) in [6, 6.07) is 6.50. The Morgan fingerprint density at radius 2 is 1.76 bits per heavy atom. The summed E-state index contributed by atoms with van der Waals surface area (Å²) >= 11 is 0. The number of ether oxygens (including phenoxy) is 1. The van der Waals surface area contributed by atoms with Crippen LogP contribution in [0.1, 0.15) is 56.8 Å². The predicted molar refractivity (Wildman–Crippen MR) is 95.2 cm³/mol. The number of hydrogen-bond acceptors (Lipinski definition) is 4. The number of benzene rings is 1. The highest BCUT2D eigenvalue weighted by Crippen LogP contribution is 2.23. The molecule has 0 saturated heterocycles. The van der Waals surface area contributed by atoms with E-state index in [-0.39, 0.29) is 17.9 Å². The van der Waals surface area contributed by atoms with Crippen molar-refractivity contribution in [2.24, 2.45) is 5.92 Å². The van der Waals surface area contributed by atoms with Crippen LogP contribution < -0.4 is 10.6 Å². The van der Waals surface area contributed by atoms with Crippen molar-refractivity contribution in [3.05, 3.63) is 29.8 Å². The van der Waals surface area contributed by atoms with Crippen molar-refractivity contribution in [3.63, 3.8) is 0 Å². The third-order valence-electron chi connectivity index (χ3n) is 4.53. The topological polar surface area (TPSA) is 84.5 Å². The first-order valence-corrected chi connectivity index (χ1v) is 8.76. The van der Waals surface area contributed by atoms with Crippen LogP contribution in [0.25, 0.3) is 0 Å². The fourth-order valence-electron chi connectivity index (χ4n) is 3.01. The largest absolute Gasteiger partial charge is 0.449 e. The van der Waals surface area contributed by atoms with Gasteiger partial charge in [-0.15, -0.1) is 0 Å². The number of esters is 1. The van der Waals surface area contributed by atoms with Crippen molar-refractivity contribution in [1.82, 2.24) is 5.32 Å². The summed E-state index contributed by atoms with van der Waals surface area (Å²) in [5, 5.41) is 5.62. The number of amides is 2. The molecule has 2 N–H and O–H groups in total. The molecule has 136 valence electrons. The Kier molecular flexibility index (Phi) is 6.56. The standard InChI is InChI=1S/C19H26N2O4/c1-12-6-4-5-7-17(12)21-18(23)13(2)25-19(24)15-8-10-16(11-9-15)20-14(3)22/h8-13,17H,4-7H2,1-3H3,(H,20,22)(H,21,23)/t12-,13+,17+/m0/s1. The molecule has 0 unspecified atom stereocenters. The van der Waals surface area contributed by atoms with Gasteiger partial charge >= 0.3 is 5.97 Å². The van der Waals surface area contributed by atoms with E-state index in [9.17, 15) is 14.4 Å². The van der Waals surface area contributed by atoms with Crippen LogP contribution in [0.3, 0.4) is 0 Å². The minimum atomic E-state index is -0.850. The lowest BCUT2D eigenvalue weighted by Crippen LogP contribution is -2.45. The van der Waals surface area contributed by atoms with Crippen LogP contribution in [0.5, 0.6) is 0 Å². The van der Waals surface area contributed by atoms with Gasteiger partial charge in [-0.2, -0.15) is 0 Å². The SMILES string of the molecule is CC(=O)Nc1ccc(C(=O)O[C@H](C)C(=O)N[C@@H]2CCCC[C@@H]2C)cc1. The van der Waals surface area contributed by atoms with Gasteiger partial charge in [0.1, 0.15) is 0 Å². The Morgan fingerprint density at radius 3 is 2.36 bits per heavy atom. The zero-order valence-corrected chi connectivity index (χ0v) is 15.0. The van der Waals surface area contributed by atoms with Gasteiger partial charge in [0.15, 0.2) is 6.10 Å². The smallest absolute Gasteiger partial charge is 0.338 e. The van der Waals surface area contributed by atoms with E-state index in [0.717, 1.165) is 19.3 Å². The number of carbonyl (C=O) groups is 3. The molecular weight excluding hydrogens is 320 g/mol. The average molecular weight is 346 g/mol. The lowest BCUT2D eigenvalue weighted by atomic mass is 9.86. The fourth-order valence-corrected chi connectivity index (χ4v) is 3.01. The van der Waals surface area contributed by atoms with E-state index in [1.165, 1.54) is 13.3 Å². The van der Waals surface area contributed by atoms with Gasteiger partial charge in [0.2, 0.25) is 5.91 Å². The van der Waals surface area contributed by atoms with Crippen LogP contribution in [0, 0.1) is 5.92 Å². The zero-order chi connectivity index (χ0) is 18.4. The molecule has 1 aliphatic carbocycles. The molecule has 2 amide bonds. The first kappa shape index (κ1) is 19.0. The summed E-state index contributed by atoms with van der Waals surface area (Å²) in [7, 11) is 0. The third-order valence-corrected chi connectivity index (χ3v) is 4.53. The van der Waals surface area contributed by atoms with Gasteiger partial charge in [0.25, 0.3) is 5.91 Å². The van der Waals surface area contributed by atoms with Crippen molar-refractivity contribution in [2.45, 2.75) is 58.6 Å². The maximum absolute atomic E-state index is 12.3. The highest BCUT2D eigenvalue weighted by atomic mass is 16.5. The monoisotopic (exact) mass is 346 g/mol. The highest BCUT2D eigenvalue weighted by Gasteiger charge is 2.26. The van der Waals surface area contributed by atoms with Gasteiger partial charge < -0.3 is 15.4 Å². The molecule has 1 aliphatic rings. The van der Waals surface area contributed by atoms with Crippen LogP contribution >= 0.6 is 0 Å². The first-order valence-electron chi connectivity index (χ1n) is 8.76. The van der Waals surface area contributed by atoms with Crippen LogP contribution in [-0.4, -0.2) is 29.9 Å². The van der Waals surface area contributed by atoms with E-state index in [0.29, 0.717) is 17.2 Å². The van der Waals surface area contributed by atoms with Crippen molar-refractivity contribution >= 4 is 23.5 Å². The second-order valence-electron chi connectivity index (χ2n) is 6.68. The Hall–Kier alpha value is -2.37. The second kappa shape index (κ2) is 8.65. The number of nitrogens with one attached hydrogen (secondary N) is 2. The quantitative estimate of drug-likeness (QED) is 0.803. The van der Waals surface area contributed by atoms with E-state index in [1.54, 1.807) is 31.2 Å². The van der Waals surface area contributed by atoms with Gasteiger partial charge in [-0.25, -0.2) is 4.79 Å². The van der Waals surface area contributed by atoms with Crippen LogP contribution in [0.2, 0.25) is 0 Å². The molecule has 0 spiro atoms. The van der Waals surface area contributed by atoms with E-state index in [2.05, 4.69) is 17.6 Å². The molecule has 0 bridgehead atoms. The summed E-state index contributed by atoms with van der Waals surface area (Å²) in [6.45, 7) is 5.12. The van der Waals surface area contributed by atoms with Gasteiger partial charge in [0, 0.05) is 18.7 Å². The Labute approximate surface area is 148 Å². The second-order valence-corrected chi connectivity index (χ2v) is 6.68. The average Bonchev–Trinajstić information content (AvgIpc) is 2.56. The van der Waals surface area contributed by atoms with Gasteiger partial charge in [-0.1, -0.05) is 19.8 Å². The fraction of sp³-hybridized carbons (Fsp3) is 0.526. The van der Waals surface area contributed by atoms with Crippen molar-refractivity contribution in [3.8, 4) is 0 Å². The Balaban J connectivity index is 1.88. The first-order chi connectivity index (χ1) is 11.9. The molecule has 6 heteroatoms. The van der Waals surface area contributed by atoms with E-state index in [4.69, 9.17) is 4.74 Å². The van der Waals surface area contributed by atoms with E-state index < -0.39 is 12.1 Å². The Bertz CT molecular complexity index is 627. The molecule has 2 rings (SSSR count). The molecule has 0 aliphatic heterocycles. The predicted octanol–water partition coefficient (Wildman–Crippen LogP) is 2.89. The van der Waals surface area contributed by atoms with Gasteiger partial charge in [-0.3, -0.25) is 9.59 Å². The molecule has 0 heterocycles. The van der Waals surface area contributed by atoms with Crippen LogP contribution in [-0.2, 0) is 14.3 Å². The summed E-state index contributed by atoms with van der Waals surface area (Å²) in [5.74, 6) is -0.560. The van der Waals surface area contributed by atoms with Crippen molar-refractivity contribution in [1.29, 1.82) is 0 Å². The lowest BCUT2D eigenvalue weighted by Gasteiger charge is -2.30. The number of anilines is 1. The van der Waals surface area contributed by atoms with E-state index in [1.807, 2.05) is 0 Å². The summed E-state index contributed by atoms with van der Waals surface area (Å²) in [4.78, 5) is 35.4. The van der Waals surface area contributed by atoms with Crippen molar-refractivity contribution < 1.29 is 19.1 Å². The molecular formula is C19H26N2O4. The molecule has 1 aromatic rings. The number of carbonyl (C=O) groups excluding carboxylic acids is 3. The Morgan fingerprint density at radius 1 is 1.12 bits per heavy atom. The molecule has 0 radical (unpaired) electrons. The van der Waals surface area contributed by atoms with Crippen molar-refractivity contribution in [2.75, 3.05) is 5.32 Å². The van der Waals surface area contributed by atoms with Crippen LogP contribution in [0.15, 0.2) is 24.3 Å². The van der Waals surface area contributed by atoms with E-state index >= 15 is 0 Å². The molecule has 6 nitrogen and oxygen atoms in total. The minimum Gasteiger partial charge on any atom is -0.449 e. The summed E-state index contributed by atoms with van der Waals surface area (Å²) in [6.07, 6.45) is 3.55. The molecule has 25 heavy (non-hydrogen) atoms. The highest BCUT2D eigenvalue weighted by molar-refractivity contribution is 5.93.